The van der Waals surface area contributed by atoms with Crippen molar-refractivity contribution in [3.63, 3.8) is 0 Å². The predicted molar refractivity (Wildman–Crippen MR) is 114 cm³/mol. The van der Waals surface area contributed by atoms with Crippen molar-refractivity contribution < 1.29 is 21.6 Å². The lowest BCUT2D eigenvalue weighted by Crippen LogP contribution is -2.48. The molecule has 1 aliphatic heterocycles. The second-order valence-corrected chi connectivity index (χ2v) is 10.7. The molecule has 1 aromatic carbocycles. The molecule has 12 heteroatoms. The van der Waals surface area contributed by atoms with Gasteiger partial charge in [-0.05, 0) is 43.3 Å². The lowest BCUT2D eigenvalue weighted by atomic mass is 10.2. The number of halogens is 4. The van der Waals surface area contributed by atoms with Gasteiger partial charge in [0.05, 0.1) is 9.77 Å². The molecule has 1 saturated heterocycles. The number of hydrogen-bond acceptors (Lipinski definition) is 5. The number of hydrogen-bond donors (Lipinski definition) is 1. The third-order valence-corrected chi connectivity index (χ3v) is 8.54. The maximum absolute atomic E-state index is 13.2. The minimum absolute atomic E-state index is 0.0643. The zero-order chi connectivity index (χ0) is 22.4. The second kappa shape index (κ2) is 8.12. The van der Waals surface area contributed by atoms with Gasteiger partial charge >= 0.3 is 6.18 Å². The van der Waals surface area contributed by atoms with Gasteiger partial charge in [0.2, 0.25) is 10.0 Å². The summed E-state index contributed by atoms with van der Waals surface area (Å²) < 4.78 is 66.3. The Morgan fingerprint density at radius 2 is 1.74 bits per heavy atom. The Bertz CT molecular complexity index is 1180. The summed E-state index contributed by atoms with van der Waals surface area (Å²) in [6, 6.07) is 9.64. The average molecular weight is 491 g/mol. The van der Waals surface area contributed by atoms with Gasteiger partial charge in [0.1, 0.15) is 11.4 Å². The van der Waals surface area contributed by atoms with Gasteiger partial charge in [-0.2, -0.15) is 22.6 Å². The van der Waals surface area contributed by atoms with Gasteiger partial charge in [0, 0.05) is 41.8 Å². The van der Waals surface area contributed by atoms with Gasteiger partial charge in [0.25, 0.3) is 0 Å². The number of H-pyrrole nitrogens is 1. The van der Waals surface area contributed by atoms with Gasteiger partial charge < -0.3 is 4.90 Å². The zero-order valence-electron chi connectivity index (χ0n) is 16.3. The van der Waals surface area contributed by atoms with Crippen LogP contribution in [0.25, 0.3) is 10.6 Å². The van der Waals surface area contributed by atoms with E-state index in [1.54, 1.807) is 19.1 Å². The molecule has 0 aliphatic carbocycles. The number of nitrogens with zero attached hydrogens (tertiary/aromatic N) is 3. The molecule has 0 bridgehead atoms. The van der Waals surface area contributed by atoms with Crippen molar-refractivity contribution in [1.29, 1.82) is 0 Å². The molecule has 0 saturated carbocycles. The molecule has 6 nitrogen and oxygen atoms in total. The average Bonchev–Trinajstić information content (AvgIpc) is 3.36. The third kappa shape index (κ3) is 4.45. The van der Waals surface area contributed by atoms with Crippen LogP contribution in [0.2, 0.25) is 5.02 Å². The molecular weight excluding hydrogens is 473 g/mol. The van der Waals surface area contributed by atoms with E-state index >= 15 is 0 Å². The first-order chi connectivity index (χ1) is 14.6. The van der Waals surface area contributed by atoms with Crippen molar-refractivity contribution in [2.75, 3.05) is 31.1 Å². The summed E-state index contributed by atoms with van der Waals surface area (Å²) in [5.41, 5.74) is 0.0557. The van der Waals surface area contributed by atoms with E-state index in [1.165, 1.54) is 10.4 Å². The molecule has 1 N–H and O–H groups in total. The van der Waals surface area contributed by atoms with Crippen LogP contribution in [0, 0.1) is 6.92 Å². The van der Waals surface area contributed by atoms with Crippen molar-refractivity contribution in [1.82, 2.24) is 14.5 Å². The normalized spacial score (nSPS) is 16.1. The minimum Gasteiger partial charge on any atom is -0.369 e. The van der Waals surface area contributed by atoms with Gasteiger partial charge in [-0.3, -0.25) is 5.10 Å². The van der Waals surface area contributed by atoms with E-state index in [0.29, 0.717) is 41.0 Å². The van der Waals surface area contributed by atoms with Gasteiger partial charge in [0.15, 0.2) is 0 Å². The molecular formula is C19H18ClF3N4O2S2. The van der Waals surface area contributed by atoms with Crippen LogP contribution >= 0.6 is 22.9 Å². The monoisotopic (exact) mass is 490 g/mol. The summed E-state index contributed by atoms with van der Waals surface area (Å²) in [5.74, 6) is 0. The molecule has 3 heterocycles. The number of nitrogens with one attached hydrogen (secondary N) is 1. The number of aromatic amines is 1. The van der Waals surface area contributed by atoms with Crippen LogP contribution in [0.4, 0.5) is 18.9 Å². The Balaban J connectivity index is 1.52. The molecule has 1 aliphatic rings. The lowest BCUT2D eigenvalue weighted by Gasteiger charge is -2.35. The van der Waals surface area contributed by atoms with E-state index in [2.05, 4.69) is 10.00 Å². The lowest BCUT2D eigenvalue weighted by molar-refractivity contribution is -0.141. The predicted octanol–water partition coefficient (Wildman–Crippen LogP) is 4.63. The van der Waals surface area contributed by atoms with Crippen molar-refractivity contribution in [2.24, 2.45) is 0 Å². The van der Waals surface area contributed by atoms with E-state index in [9.17, 15) is 21.6 Å². The number of aromatic nitrogens is 2. The van der Waals surface area contributed by atoms with Crippen LogP contribution in [-0.2, 0) is 16.2 Å². The highest BCUT2D eigenvalue weighted by Crippen LogP contribution is 2.37. The van der Waals surface area contributed by atoms with Gasteiger partial charge in [-0.25, -0.2) is 8.42 Å². The number of sulfonamides is 1. The summed E-state index contributed by atoms with van der Waals surface area (Å²) in [5, 5.41) is 6.28. The Morgan fingerprint density at radius 1 is 1.10 bits per heavy atom. The number of alkyl halides is 3. The van der Waals surface area contributed by atoms with Crippen LogP contribution in [0.5, 0.6) is 0 Å². The van der Waals surface area contributed by atoms with E-state index in [-0.39, 0.29) is 10.6 Å². The van der Waals surface area contributed by atoms with Crippen molar-refractivity contribution in [3.05, 3.63) is 52.0 Å². The highest BCUT2D eigenvalue weighted by atomic mass is 35.5. The quantitative estimate of drug-likeness (QED) is 0.579. The molecule has 1 fully saturated rings. The number of piperazine rings is 1. The van der Waals surface area contributed by atoms with Crippen LogP contribution in [0.3, 0.4) is 0 Å². The fourth-order valence-corrected chi connectivity index (χ4v) is 6.49. The molecule has 0 unspecified atom stereocenters. The van der Waals surface area contributed by atoms with Crippen LogP contribution in [0.1, 0.15) is 10.6 Å². The Morgan fingerprint density at radius 3 is 2.32 bits per heavy atom. The maximum Gasteiger partial charge on any atom is 0.432 e. The van der Waals surface area contributed by atoms with Crippen molar-refractivity contribution in [3.8, 4) is 10.6 Å². The third-order valence-electron chi connectivity index (χ3n) is 5.06. The van der Waals surface area contributed by atoms with E-state index < -0.39 is 21.9 Å². The number of benzene rings is 1. The summed E-state index contributed by atoms with van der Waals surface area (Å²) in [7, 11) is -3.78. The molecule has 4 rings (SSSR count). The molecule has 31 heavy (non-hydrogen) atoms. The molecule has 0 radical (unpaired) electrons. The van der Waals surface area contributed by atoms with E-state index in [1.807, 2.05) is 17.2 Å². The Hall–Kier alpha value is -2.08. The smallest absolute Gasteiger partial charge is 0.369 e. The number of anilines is 1. The summed E-state index contributed by atoms with van der Waals surface area (Å²) >= 11 is 7.02. The van der Waals surface area contributed by atoms with Crippen LogP contribution < -0.4 is 4.90 Å². The number of thiophene rings is 1. The zero-order valence-corrected chi connectivity index (χ0v) is 18.7. The summed E-state index contributed by atoms with van der Waals surface area (Å²) in [6.45, 7) is 3.28. The Kier molecular flexibility index (Phi) is 5.80. The SMILES string of the molecule is Cc1sc(-c2cc(C(F)(F)F)[nH]n2)cc1S(=O)(=O)N1CCN(c2ccc(Cl)cc2)CC1. The topological polar surface area (TPSA) is 69.3 Å². The molecule has 166 valence electrons. The van der Waals surface area contributed by atoms with Crippen molar-refractivity contribution >= 4 is 38.6 Å². The Labute approximate surface area is 186 Å². The van der Waals surface area contributed by atoms with Gasteiger partial charge in [-0.15, -0.1) is 11.3 Å². The first-order valence-electron chi connectivity index (χ1n) is 9.30. The number of aryl methyl sites for hydroxylation is 1. The van der Waals surface area contributed by atoms with E-state index in [4.69, 9.17) is 11.6 Å². The molecule has 0 amide bonds. The molecule has 0 atom stereocenters. The fourth-order valence-electron chi connectivity index (χ4n) is 3.42. The van der Waals surface area contributed by atoms with Crippen molar-refractivity contribution in [2.45, 2.75) is 18.0 Å². The largest absolute Gasteiger partial charge is 0.432 e. The fraction of sp³-hybridized carbons (Fsp3) is 0.316. The highest BCUT2D eigenvalue weighted by Gasteiger charge is 2.34. The van der Waals surface area contributed by atoms with Crippen LogP contribution in [-0.4, -0.2) is 49.1 Å². The second-order valence-electron chi connectivity index (χ2n) is 7.06. The first-order valence-corrected chi connectivity index (χ1v) is 11.9. The highest BCUT2D eigenvalue weighted by molar-refractivity contribution is 7.89. The summed E-state index contributed by atoms with van der Waals surface area (Å²) in [6.07, 6.45) is -4.55. The standard InChI is InChI=1S/C19H18ClF3N4O2S2/c1-12-17(11-16(30-12)15-10-18(25-24-15)19(21,22)23)31(28,29)27-8-6-26(7-9-27)14-4-2-13(20)3-5-14/h2-5,10-11H,6-9H2,1H3,(H,24,25). The van der Waals surface area contributed by atoms with Gasteiger partial charge in [-0.1, -0.05) is 11.6 Å². The molecule has 0 spiro atoms. The van der Waals surface area contributed by atoms with Crippen LogP contribution in [0.15, 0.2) is 41.3 Å². The number of rotatable bonds is 4. The maximum atomic E-state index is 13.2. The first kappa shape index (κ1) is 22.1. The minimum atomic E-state index is -4.55. The summed E-state index contributed by atoms with van der Waals surface area (Å²) in [4.78, 5) is 3.05. The molecule has 3 aromatic rings. The van der Waals surface area contributed by atoms with E-state index in [0.717, 1.165) is 23.1 Å². The molecule has 2 aromatic heterocycles.